The lowest BCUT2D eigenvalue weighted by Gasteiger charge is -2.16. The molecular formula is C24H30ClN2S-. The number of halogens is 1. The van der Waals surface area contributed by atoms with Crippen molar-refractivity contribution in [2.75, 3.05) is 5.32 Å². The molecule has 0 spiro atoms. The Hall–Kier alpha value is -1.84. The molecule has 1 heterocycles. The van der Waals surface area contributed by atoms with Crippen LogP contribution in [0.5, 0.6) is 0 Å². The number of aryl methyl sites for hydroxylation is 3. The minimum Gasteiger partial charge on any atom is -1.00 e. The zero-order valence-corrected chi connectivity index (χ0v) is 19.4. The summed E-state index contributed by atoms with van der Waals surface area (Å²) in [7, 11) is 0. The fourth-order valence-electron chi connectivity index (χ4n) is 3.32. The van der Waals surface area contributed by atoms with E-state index < -0.39 is 0 Å². The highest BCUT2D eigenvalue weighted by atomic mass is 35.5. The van der Waals surface area contributed by atoms with Gasteiger partial charge in [-0.25, -0.2) is 4.98 Å². The lowest BCUT2D eigenvalue weighted by Crippen LogP contribution is -3.00. The number of hydrogen-bond donors (Lipinski definition) is 1. The van der Waals surface area contributed by atoms with Gasteiger partial charge < -0.3 is 17.7 Å². The summed E-state index contributed by atoms with van der Waals surface area (Å²) in [5.74, 6) is 1.00. The second-order valence-electron chi connectivity index (χ2n) is 8.02. The van der Waals surface area contributed by atoms with Gasteiger partial charge in [0, 0.05) is 16.1 Å². The van der Waals surface area contributed by atoms with Gasteiger partial charge in [0.15, 0.2) is 5.13 Å². The van der Waals surface area contributed by atoms with Gasteiger partial charge in [-0.3, -0.25) is 0 Å². The maximum Gasteiger partial charge on any atom is 0.187 e. The van der Waals surface area contributed by atoms with E-state index in [4.69, 9.17) is 4.98 Å². The topological polar surface area (TPSA) is 24.9 Å². The third kappa shape index (κ3) is 4.76. The number of anilines is 2. The molecule has 0 fully saturated rings. The summed E-state index contributed by atoms with van der Waals surface area (Å²) in [6.07, 6.45) is 0. The first kappa shape index (κ1) is 22.4. The minimum atomic E-state index is 0. The molecular weight excluding hydrogens is 384 g/mol. The third-order valence-corrected chi connectivity index (χ3v) is 5.94. The van der Waals surface area contributed by atoms with Crippen LogP contribution in [-0.2, 0) is 0 Å². The molecule has 2 aromatic carbocycles. The van der Waals surface area contributed by atoms with Crippen molar-refractivity contribution in [2.24, 2.45) is 0 Å². The molecule has 0 saturated carbocycles. The van der Waals surface area contributed by atoms with Crippen molar-refractivity contribution in [1.29, 1.82) is 0 Å². The molecule has 2 nitrogen and oxygen atoms in total. The van der Waals surface area contributed by atoms with Crippen LogP contribution in [0.25, 0.3) is 11.3 Å². The number of nitrogens with one attached hydrogen (secondary N) is 1. The average molecular weight is 414 g/mol. The van der Waals surface area contributed by atoms with Crippen molar-refractivity contribution in [3.8, 4) is 11.3 Å². The maximum absolute atomic E-state index is 4.97. The van der Waals surface area contributed by atoms with Crippen LogP contribution in [0.1, 0.15) is 66.7 Å². The SMILES string of the molecule is Cc1ccc(C)c(Nc2nc(-c3ccc(C(C)C)cc3C(C)C)c(C)s2)c1.[Cl-]. The van der Waals surface area contributed by atoms with Crippen LogP contribution < -0.4 is 17.7 Å². The third-order valence-electron chi connectivity index (χ3n) is 5.05. The highest BCUT2D eigenvalue weighted by Gasteiger charge is 2.17. The molecule has 0 atom stereocenters. The second-order valence-corrected chi connectivity index (χ2v) is 9.23. The van der Waals surface area contributed by atoms with Crippen molar-refractivity contribution >= 4 is 22.2 Å². The van der Waals surface area contributed by atoms with Crippen molar-refractivity contribution < 1.29 is 12.4 Å². The Balaban J connectivity index is 0.00000280. The predicted molar refractivity (Wildman–Crippen MR) is 120 cm³/mol. The molecule has 0 radical (unpaired) electrons. The average Bonchev–Trinajstić information content (AvgIpc) is 2.97. The molecule has 4 heteroatoms. The summed E-state index contributed by atoms with van der Waals surface area (Å²) < 4.78 is 0. The van der Waals surface area contributed by atoms with E-state index in [1.54, 1.807) is 11.3 Å². The number of thiazole rings is 1. The molecule has 0 bridgehead atoms. The summed E-state index contributed by atoms with van der Waals surface area (Å²) in [6.45, 7) is 15.4. The van der Waals surface area contributed by atoms with Gasteiger partial charge in [0.1, 0.15) is 0 Å². The van der Waals surface area contributed by atoms with Crippen LogP contribution in [-0.4, -0.2) is 4.98 Å². The van der Waals surface area contributed by atoms with E-state index in [2.05, 4.69) is 90.2 Å². The maximum atomic E-state index is 4.97. The fraction of sp³-hybridized carbons (Fsp3) is 0.375. The van der Waals surface area contributed by atoms with Crippen molar-refractivity contribution in [2.45, 2.75) is 60.3 Å². The van der Waals surface area contributed by atoms with Crippen molar-refractivity contribution in [3.63, 3.8) is 0 Å². The Kier molecular flexibility index (Phi) is 7.30. The van der Waals surface area contributed by atoms with E-state index >= 15 is 0 Å². The Morgan fingerprint density at radius 2 is 1.61 bits per heavy atom. The van der Waals surface area contributed by atoms with Gasteiger partial charge in [-0.1, -0.05) is 58.0 Å². The minimum absolute atomic E-state index is 0. The summed E-state index contributed by atoms with van der Waals surface area (Å²) in [6, 6.07) is 13.4. The molecule has 0 aliphatic rings. The van der Waals surface area contributed by atoms with Crippen molar-refractivity contribution in [3.05, 3.63) is 63.5 Å². The fourth-order valence-corrected chi connectivity index (χ4v) is 4.16. The molecule has 1 aromatic heterocycles. The van der Waals surface area contributed by atoms with Gasteiger partial charge in [0.2, 0.25) is 0 Å². The number of benzene rings is 2. The van der Waals surface area contributed by atoms with E-state index in [1.165, 1.54) is 32.7 Å². The Morgan fingerprint density at radius 3 is 2.25 bits per heavy atom. The molecule has 28 heavy (non-hydrogen) atoms. The first-order chi connectivity index (χ1) is 12.8. The van der Waals surface area contributed by atoms with Gasteiger partial charge in [-0.15, -0.1) is 11.3 Å². The van der Waals surface area contributed by atoms with Gasteiger partial charge in [0.05, 0.1) is 5.69 Å². The van der Waals surface area contributed by atoms with E-state index in [9.17, 15) is 0 Å². The van der Waals surface area contributed by atoms with Crippen LogP contribution >= 0.6 is 11.3 Å². The molecule has 0 amide bonds. The van der Waals surface area contributed by atoms with Crippen LogP contribution in [0.2, 0.25) is 0 Å². The molecule has 0 aliphatic heterocycles. The summed E-state index contributed by atoms with van der Waals surface area (Å²) in [4.78, 5) is 6.22. The zero-order valence-electron chi connectivity index (χ0n) is 17.9. The van der Waals surface area contributed by atoms with Gasteiger partial charge in [0.25, 0.3) is 0 Å². The van der Waals surface area contributed by atoms with Gasteiger partial charge >= 0.3 is 0 Å². The van der Waals surface area contributed by atoms with E-state index in [1.807, 2.05) is 0 Å². The number of nitrogens with zero attached hydrogens (tertiary/aromatic N) is 1. The normalized spacial score (nSPS) is 11.0. The molecule has 1 N–H and O–H groups in total. The van der Waals surface area contributed by atoms with E-state index in [-0.39, 0.29) is 12.4 Å². The number of rotatable bonds is 5. The van der Waals surface area contributed by atoms with E-state index in [0.717, 1.165) is 16.5 Å². The monoisotopic (exact) mass is 413 g/mol. The van der Waals surface area contributed by atoms with Crippen LogP contribution in [0.3, 0.4) is 0 Å². The first-order valence-electron chi connectivity index (χ1n) is 9.72. The standard InChI is InChI=1S/C24H30N2S.ClH/c1-14(2)19-10-11-20(21(13-19)15(3)4)23-18(7)27-24(26-23)25-22-12-16(5)8-9-17(22)6;/h8-15H,1-7H3,(H,25,26);1H/p-1. The Morgan fingerprint density at radius 1 is 0.893 bits per heavy atom. The highest BCUT2D eigenvalue weighted by molar-refractivity contribution is 7.16. The molecule has 0 saturated heterocycles. The largest absolute Gasteiger partial charge is 1.00 e. The summed E-state index contributed by atoms with van der Waals surface area (Å²) in [5.41, 5.74) is 8.76. The smallest absolute Gasteiger partial charge is 0.187 e. The summed E-state index contributed by atoms with van der Waals surface area (Å²) in [5, 5.41) is 4.49. The molecule has 3 rings (SSSR count). The van der Waals surface area contributed by atoms with Crippen LogP contribution in [0.4, 0.5) is 10.8 Å². The lowest BCUT2D eigenvalue weighted by atomic mass is 9.90. The van der Waals surface area contributed by atoms with Gasteiger partial charge in [-0.05, 0) is 60.9 Å². The molecule has 0 aliphatic carbocycles. The van der Waals surface area contributed by atoms with Gasteiger partial charge in [-0.2, -0.15) is 0 Å². The van der Waals surface area contributed by atoms with Crippen LogP contribution in [0, 0.1) is 20.8 Å². The van der Waals surface area contributed by atoms with Crippen LogP contribution in [0.15, 0.2) is 36.4 Å². The highest BCUT2D eigenvalue weighted by Crippen LogP contribution is 2.37. The van der Waals surface area contributed by atoms with Crippen molar-refractivity contribution in [1.82, 2.24) is 4.98 Å². The quantitative estimate of drug-likeness (QED) is 0.654. The second kappa shape index (κ2) is 9.11. The zero-order chi connectivity index (χ0) is 19.7. The van der Waals surface area contributed by atoms with E-state index in [0.29, 0.717) is 11.8 Å². The Labute approximate surface area is 179 Å². The molecule has 150 valence electrons. The molecule has 0 unspecified atom stereocenters. The number of hydrogen-bond acceptors (Lipinski definition) is 3. The number of aromatic nitrogens is 1. The lowest BCUT2D eigenvalue weighted by molar-refractivity contribution is -0.00000590. The summed E-state index contributed by atoms with van der Waals surface area (Å²) >= 11 is 1.73. The first-order valence-corrected chi connectivity index (χ1v) is 10.5. The molecule has 3 aromatic rings. The predicted octanol–water partition coefficient (Wildman–Crippen LogP) is 4.73. The Bertz CT molecular complexity index is 957.